The van der Waals surface area contributed by atoms with E-state index in [4.69, 9.17) is 0 Å². The largest absolute Gasteiger partial charge is 0.356 e. The lowest BCUT2D eigenvalue weighted by atomic mass is 10.2. The lowest BCUT2D eigenvalue weighted by molar-refractivity contribution is -0.123. The van der Waals surface area contributed by atoms with Crippen LogP contribution < -0.4 is 10.7 Å². The molecule has 0 aliphatic rings. The Kier molecular flexibility index (Phi) is 9.33. The zero-order valence-corrected chi connectivity index (χ0v) is 13.2. The molecule has 0 spiro atoms. The van der Waals surface area contributed by atoms with Crippen LogP contribution >= 0.6 is 0 Å². The average molecular weight is 303 g/mol. The van der Waals surface area contributed by atoms with Gasteiger partial charge in [-0.25, -0.2) is 5.43 Å². The molecule has 0 bridgehead atoms. The molecule has 22 heavy (non-hydrogen) atoms. The number of hydrazone groups is 1. The number of unbranched alkanes of at least 4 members (excludes halogenated alkanes) is 2. The van der Waals surface area contributed by atoms with Gasteiger partial charge in [0, 0.05) is 19.4 Å². The predicted molar refractivity (Wildman–Crippen MR) is 88.6 cm³/mol. The van der Waals surface area contributed by atoms with Gasteiger partial charge < -0.3 is 5.32 Å². The summed E-state index contributed by atoms with van der Waals surface area (Å²) in [4.78, 5) is 23.0. The first-order valence-corrected chi connectivity index (χ1v) is 7.86. The van der Waals surface area contributed by atoms with Crippen molar-refractivity contribution in [2.75, 3.05) is 6.54 Å². The molecule has 120 valence electrons. The summed E-state index contributed by atoms with van der Waals surface area (Å²) in [6, 6.07) is 9.57. The van der Waals surface area contributed by atoms with Crippen LogP contribution in [0.3, 0.4) is 0 Å². The molecule has 2 amide bonds. The van der Waals surface area contributed by atoms with Crippen molar-refractivity contribution in [2.45, 2.75) is 45.4 Å². The third-order valence-corrected chi connectivity index (χ3v) is 3.11. The van der Waals surface area contributed by atoms with Crippen molar-refractivity contribution in [3.8, 4) is 0 Å². The van der Waals surface area contributed by atoms with Gasteiger partial charge in [0.05, 0.1) is 6.21 Å². The van der Waals surface area contributed by atoms with Crippen molar-refractivity contribution >= 4 is 18.0 Å². The first kappa shape index (κ1) is 17.9. The van der Waals surface area contributed by atoms with E-state index >= 15 is 0 Å². The highest BCUT2D eigenvalue weighted by atomic mass is 16.2. The first-order valence-electron chi connectivity index (χ1n) is 7.86. The lowest BCUT2D eigenvalue weighted by Gasteiger charge is -2.04. The number of nitrogens with zero attached hydrogens (tertiary/aromatic N) is 1. The van der Waals surface area contributed by atoms with E-state index in [1.165, 1.54) is 0 Å². The summed E-state index contributed by atoms with van der Waals surface area (Å²) in [6.07, 6.45) is 5.96. The molecule has 1 aromatic rings. The number of carbonyl (C=O) groups is 2. The average Bonchev–Trinajstić information content (AvgIpc) is 2.53. The molecule has 0 atom stereocenters. The lowest BCUT2D eigenvalue weighted by Crippen LogP contribution is -2.24. The molecule has 0 fully saturated rings. The Balaban J connectivity index is 2.06. The van der Waals surface area contributed by atoms with Gasteiger partial charge in [0.1, 0.15) is 0 Å². The molecule has 0 saturated heterocycles. The molecule has 5 nitrogen and oxygen atoms in total. The zero-order chi connectivity index (χ0) is 16.0. The van der Waals surface area contributed by atoms with Gasteiger partial charge in [-0.05, 0) is 24.8 Å². The van der Waals surface area contributed by atoms with Crippen LogP contribution in [0.15, 0.2) is 35.4 Å². The van der Waals surface area contributed by atoms with Crippen LogP contribution in [0.2, 0.25) is 0 Å². The molecule has 0 aromatic heterocycles. The van der Waals surface area contributed by atoms with Crippen LogP contribution in [0.25, 0.3) is 0 Å². The van der Waals surface area contributed by atoms with E-state index < -0.39 is 0 Å². The van der Waals surface area contributed by atoms with Crippen LogP contribution in [-0.2, 0) is 9.59 Å². The van der Waals surface area contributed by atoms with Crippen LogP contribution in [0.5, 0.6) is 0 Å². The van der Waals surface area contributed by atoms with Crippen LogP contribution in [-0.4, -0.2) is 24.6 Å². The van der Waals surface area contributed by atoms with Crippen LogP contribution in [0, 0.1) is 0 Å². The SMILES string of the molecule is CCCCNC(=O)CCCCC(=O)N/N=C/c1ccccc1. The molecule has 5 heteroatoms. The Morgan fingerprint density at radius 3 is 2.41 bits per heavy atom. The summed E-state index contributed by atoms with van der Waals surface area (Å²) in [5.41, 5.74) is 3.43. The highest BCUT2D eigenvalue weighted by Crippen LogP contribution is 2.00. The second kappa shape index (κ2) is 11.5. The van der Waals surface area contributed by atoms with Crippen molar-refractivity contribution in [1.82, 2.24) is 10.7 Å². The maximum atomic E-state index is 11.6. The summed E-state index contributed by atoms with van der Waals surface area (Å²) in [5, 5.41) is 6.76. The fourth-order valence-electron chi connectivity index (χ4n) is 1.84. The van der Waals surface area contributed by atoms with Gasteiger partial charge in [0.25, 0.3) is 0 Å². The van der Waals surface area contributed by atoms with Crippen molar-refractivity contribution in [3.05, 3.63) is 35.9 Å². The Morgan fingerprint density at radius 1 is 1.05 bits per heavy atom. The van der Waals surface area contributed by atoms with E-state index in [1.807, 2.05) is 30.3 Å². The summed E-state index contributed by atoms with van der Waals surface area (Å²) >= 11 is 0. The smallest absolute Gasteiger partial charge is 0.240 e. The van der Waals surface area contributed by atoms with E-state index in [0.29, 0.717) is 25.7 Å². The minimum atomic E-state index is -0.126. The summed E-state index contributed by atoms with van der Waals surface area (Å²) in [5.74, 6) is -0.0606. The number of hydrogen-bond acceptors (Lipinski definition) is 3. The van der Waals surface area contributed by atoms with Crippen molar-refractivity contribution in [1.29, 1.82) is 0 Å². The molecule has 0 aliphatic heterocycles. The topological polar surface area (TPSA) is 70.6 Å². The molecule has 0 unspecified atom stereocenters. The van der Waals surface area contributed by atoms with E-state index in [9.17, 15) is 9.59 Å². The standard InChI is InChI=1S/C17H25N3O2/c1-2-3-13-18-16(21)11-7-8-12-17(22)20-19-14-15-9-5-4-6-10-15/h4-6,9-10,14H,2-3,7-8,11-13H2,1H3,(H,18,21)(H,20,22)/b19-14+. The quantitative estimate of drug-likeness (QED) is 0.396. The van der Waals surface area contributed by atoms with Crippen LogP contribution in [0.1, 0.15) is 51.0 Å². The van der Waals surface area contributed by atoms with Crippen molar-refractivity contribution < 1.29 is 9.59 Å². The third kappa shape index (κ3) is 8.89. The molecule has 1 rings (SSSR count). The monoisotopic (exact) mass is 303 g/mol. The molecular weight excluding hydrogens is 278 g/mol. The molecule has 0 saturated carbocycles. The minimum absolute atomic E-state index is 0.0657. The van der Waals surface area contributed by atoms with Gasteiger partial charge >= 0.3 is 0 Å². The van der Waals surface area contributed by atoms with E-state index in [-0.39, 0.29) is 11.8 Å². The number of benzene rings is 1. The zero-order valence-electron chi connectivity index (χ0n) is 13.2. The van der Waals surface area contributed by atoms with Gasteiger partial charge in [0.2, 0.25) is 11.8 Å². The molecular formula is C17H25N3O2. The molecule has 0 aliphatic carbocycles. The highest BCUT2D eigenvalue weighted by molar-refractivity contribution is 5.82. The van der Waals surface area contributed by atoms with Gasteiger partial charge in [-0.3, -0.25) is 9.59 Å². The molecule has 0 radical (unpaired) electrons. The van der Waals surface area contributed by atoms with E-state index in [0.717, 1.165) is 24.9 Å². The van der Waals surface area contributed by atoms with Crippen molar-refractivity contribution in [2.24, 2.45) is 5.10 Å². The summed E-state index contributed by atoms with van der Waals surface area (Å²) in [7, 11) is 0. The van der Waals surface area contributed by atoms with Crippen LogP contribution in [0.4, 0.5) is 0 Å². The highest BCUT2D eigenvalue weighted by Gasteiger charge is 2.03. The Bertz CT molecular complexity index is 472. The minimum Gasteiger partial charge on any atom is -0.356 e. The van der Waals surface area contributed by atoms with E-state index in [1.54, 1.807) is 6.21 Å². The summed E-state index contributed by atoms with van der Waals surface area (Å²) < 4.78 is 0. The van der Waals surface area contributed by atoms with Gasteiger partial charge in [-0.2, -0.15) is 5.10 Å². The maximum Gasteiger partial charge on any atom is 0.240 e. The molecule has 0 heterocycles. The Hall–Kier alpha value is -2.17. The number of hydrogen-bond donors (Lipinski definition) is 2. The first-order chi connectivity index (χ1) is 10.7. The fourth-order valence-corrected chi connectivity index (χ4v) is 1.84. The number of carbonyl (C=O) groups excluding carboxylic acids is 2. The summed E-state index contributed by atoms with van der Waals surface area (Å²) in [6.45, 7) is 2.83. The Morgan fingerprint density at radius 2 is 1.73 bits per heavy atom. The number of amides is 2. The maximum absolute atomic E-state index is 11.6. The van der Waals surface area contributed by atoms with Gasteiger partial charge in [-0.1, -0.05) is 43.7 Å². The van der Waals surface area contributed by atoms with Gasteiger partial charge in [-0.15, -0.1) is 0 Å². The van der Waals surface area contributed by atoms with E-state index in [2.05, 4.69) is 22.8 Å². The second-order valence-electron chi connectivity index (χ2n) is 5.11. The second-order valence-corrected chi connectivity index (χ2v) is 5.11. The normalized spacial score (nSPS) is 10.6. The number of rotatable bonds is 10. The Labute approximate surface area is 132 Å². The molecule has 2 N–H and O–H groups in total. The fraction of sp³-hybridized carbons (Fsp3) is 0.471. The predicted octanol–water partition coefficient (Wildman–Crippen LogP) is 2.61. The third-order valence-electron chi connectivity index (χ3n) is 3.11. The van der Waals surface area contributed by atoms with Crippen molar-refractivity contribution in [3.63, 3.8) is 0 Å². The molecule has 1 aromatic carbocycles. The van der Waals surface area contributed by atoms with Gasteiger partial charge in [0.15, 0.2) is 0 Å². The number of nitrogens with one attached hydrogen (secondary N) is 2.